The molecular formula is C26H48N2O. The van der Waals surface area contributed by atoms with Crippen LogP contribution in [0.4, 0.5) is 0 Å². The maximum Gasteiger partial charge on any atom is 0.0790 e. The van der Waals surface area contributed by atoms with Crippen LogP contribution in [0.2, 0.25) is 0 Å². The predicted molar refractivity (Wildman–Crippen MR) is 126 cm³/mol. The molecule has 2 heterocycles. The van der Waals surface area contributed by atoms with Crippen LogP contribution in [0.25, 0.3) is 0 Å². The van der Waals surface area contributed by atoms with E-state index in [1.165, 1.54) is 0 Å². The first kappa shape index (κ1) is 24.6. The zero-order valence-electron chi connectivity index (χ0n) is 21.0. The van der Waals surface area contributed by atoms with Crippen molar-refractivity contribution in [3.8, 4) is 0 Å². The van der Waals surface area contributed by atoms with Gasteiger partial charge in [0.2, 0.25) is 0 Å². The molecule has 0 aromatic heterocycles. The van der Waals surface area contributed by atoms with Crippen molar-refractivity contribution in [3.63, 3.8) is 0 Å². The van der Waals surface area contributed by atoms with Gasteiger partial charge in [-0.2, -0.15) is 0 Å². The highest BCUT2D eigenvalue weighted by Crippen LogP contribution is 2.45. The molecule has 2 aliphatic rings. The first-order chi connectivity index (χ1) is 13.1. The average molecular weight is 405 g/mol. The van der Waals surface area contributed by atoms with Gasteiger partial charge in [0, 0.05) is 22.2 Å². The van der Waals surface area contributed by atoms with Crippen molar-refractivity contribution in [3.05, 3.63) is 25.3 Å². The smallest absolute Gasteiger partial charge is 0.0790 e. The molecule has 0 radical (unpaired) electrons. The summed E-state index contributed by atoms with van der Waals surface area (Å²) in [4.78, 5) is 5.06. The fourth-order valence-electron chi connectivity index (χ4n) is 6.26. The normalized spacial score (nSPS) is 29.9. The van der Waals surface area contributed by atoms with Crippen molar-refractivity contribution in [2.45, 2.75) is 115 Å². The fraction of sp³-hybridized carbons (Fsp3) is 0.846. The first-order valence-electron chi connectivity index (χ1n) is 11.5. The van der Waals surface area contributed by atoms with E-state index in [1.54, 1.807) is 0 Å². The molecule has 168 valence electrons. The molecule has 0 N–H and O–H groups in total. The molecule has 2 rings (SSSR count). The average Bonchev–Trinajstić information content (AvgIpc) is 2.57. The maximum absolute atomic E-state index is 6.80. The molecule has 29 heavy (non-hydrogen) atoms. The Balaban J connectivity index is 2.20. The third kappa shape index (κ3) is 4.99. The summed E-state index contributed by atoms with van der Waals surface area (Å²) in [6, 6.07) is 0. The van der Waals surface area contributed by atoms with Crippen molar-refractivity contribution in [2.24, 2.45) is 11.8 Å². The van der Waals surface area contributed by atoms with E-state index in [2.05, 4.69) is 92.4 Å². The van der Waals surface area contributed by atoms with Gasteiger partial charge in [0.15, 0.2) is 0 Å². The Hall–Kier alpha value is -0.640. The number of piperidine rings is 2. The van der Waals surface area contributed by atoms with Crippen LogP contribution in [0.15, 0.2) is 25.3 Å². The van der Waals surface area contributed by atoms with Gasteiger partial charge in [-0.05, 0) is 107 Å². The van der Waals surface area contributed by atoms with Gasteiger partial charge < -0.3 is 4.74 Å². The van der Waals surface area contributed by atoms with Crippen LogP contribution in [0, 0.1) is 11.8 Å². The lowest BCUT2D eigenvalue weighted by Gasteiger charge is -2.56. The molecule has 2 aliphatic heterocycles. The molecule has 3 nitrogen and oxygen atoms in total. The van der Waals surface area contributed by atoms with Crippen molar-refractivity contribution in [2.75, 3.05) is 14.1 Å². The quantitative estimate of drug-likeness (QED) is 0.512. The molecule has 0 aromatic carbocycles. The Morgan fingerprint density at radius 1 is 0.655 bits per heavy atom. The topological polar surface area (TPSA) is 15.7 Å². The van der Waals surface area contributed by atoms with Gasteiger partial charge in [-0.1, -0.05) is 12.2 Å². The van der Waals surface area contributed by atoms with Gasteiger partial charge in [0.1, 0.15) is 0 Å². The summed E-state index contributed by atoms with van der Waals surface area (Å²) in [6.45, 7) is 27.2. The lowest BCUT2D eigenvalue weighted by molar-refractivity contribution is -0.111. The zero-order valence-corrected chi connectivity index (χ0v) is 21.0. The van der Waals surface area contributed by atoms with E-state index in [0.717, 1.165) is 25.7 Å². The molecule has 2 atom stereocenters. The number of hydrogen-bond donors (Lipinski definition) is 0. The molecule has 0 spiro atoms. The van der Waals surface area contributed by atoms with E-state index in [9.17, 15) is 0 Å². The molecule has 0 saturated carbocycles. The van der Waals surface area contributed by atoms with Gasteiger partial charge in [0.25, 0.3) is 0 Å². The maximum atomic E-state index is 6.80. The van der Waals surface area contributed by atoms with Gasteiger partial charge in [-0.25, -0.2) is 0 Å². The molecule has 3 heteroatoms. The molecule has 2 unspecified atom stereocenters. The fourth-order valence-corrected chi connectivity index (χ4v) is 6.26. The van der Waals surface area contributed by atoms with E-state index in [1.807, 2.05) is 12.2 Å². The van der Waals surface area contributed by atoms with Crippen LogP contribution in [0.5, 0.6) is 0 Å². The van der Waals surface area contributed by atoms with E-state index >= 15 is 0 Å². The van der Waals surface area contributed by atoms with E-state index < -0.39 is 0 Å². The van der Waals surface area contributed by atoms with Crippen LogP contribution >= 0.6 is 0 Å². The van der Waals surface area contributed by atoms with Crippen LogP contribution in [-0.4, -0.2) is 58.3 Å². The minimum Gasteiger partial charge on any atom is -0.366 e. The Morgan fingerprint density at radius 2 is 0.897 bits per heavy atom. The predicted octanol–water partition coefficient (Wildman–Crippen LogP) is 5.91. The van der Waals surface area contributed by atoms with E-state index in [4.69, 9.17) is 4.74 Å². The monoisotopic (exact) mass is 404 g/mol. The molecule has 0 aliphatic carbocycles. The van der Waals surface area contributed by atoms with Crippen molar-refractivity contribution >= 4 is 0 Å². The first-order valence-corrected chi connectivity index (χ1v) is 11.5. The second-order valence-corrected chi connectivity index (χ2v) is 12.2. The highest BCUT2D eigenvalue weighted by Gasteiger charge is 2.47. The number of rotatable bonds is 6. The van der Waals surface area contributed by atoms with Crippen LogP contribution < -0.4 is 0 Å². The largest absolute Gasteiger partial charge is 0.366 e. The summed E-state index contributed by atoms with van der Waals surface area (Å²) in [5.41, 5.74) is 0.604. The zero-order chi connectivity index (χ0) is 22.4. The highest BCUT2D eigenvalue weighted by molar-refractivity contribution is 5.06. The summed E-state index contributed by atoms with van der Waals surface area (Å²) in [5.74, 6) is 0.951. The van der Waals surface area contributed by atoms with Gasteiger partial charge >= 0.3 is 0 Å². The lowest BCUT2D eigenvalue weighted by Crippen LogP contribution is -2.61. The van der Waals surface area contributed by atoms with Crippen molar-refractivity contribution in [1.29, 1.82) is 0 Å². The SMILES string of the molecule is C=CC(OC(C=C)C1CC(C)(C)N(C)C(C)(C)C1)C1CC(C)(C)N(C)C(C)(C)C1. The lowest BCUT2D eigenvalue weighted by atomic mass is 9.71. The number of hydrogen-bond acceptors (Lipinski definition) is 3. The third-order valence-electron chi connectivity index (χ3n) is 8.39. The highest BCUT2D eigenvalue weighted by atomic mass is 16.5. The number of likely N-dealkylation sites (tertiary alicyclic amines) is 2. The molecule has 0 aromatic rings. The summed E-state index contributed by atoms with van der Waals surface area (Å²) in [5, 5.41) is 0. The number of ether oxygens (including phenoxy) is 1. The molecule has 2 saturated heterocycles. The third-order valence-corrected chi connectivity index (χ3v) is 8.39. The van der Waals surface area contributed by atoms with E-state index in [0.29, 0.717) is 11.8 Å². The molecule has 0 amide bonds. The van der Waals surface area contributed by atoms with Crippen molar-refractivity contribution in [1.82, 2.24) is 9.80 Å². The van der Waals surface area contributed by atoms with Crippen LogP contribution in [-0.2, 0) is 4.74 Å². The Morgan fingerprint density at radius 3 is 1.10 bits per heavy atom. The van der Waals surface area contributed by atoms with Gasteiger partial charge in [0.05, 0.1) is 12.2 Å². The molecular weight excluding hydrogens is 356 g/mol. The Kier molecular flexibility index (Phi) is 6.90. The van der Waals surface area contributed by atoms with Crippen molar-refractivity contribution < 1.29 is 4.74 Å². The molecule has 2 fully saturated rings. The van der Waals surface area contributed by atoms with Crippen LogP contribution in [0.1, 0.15) is 81.1 Å². The van der Waals surface area contributed by atoms with Gasteiger partial charge in [-0.3, -0.25) is 9.80 Å². The Labute approximate surface area is 181 Å². The standard InChI is InChI=1S/C26H48N2O/c1-13-21(19-15-23(3,4)27(11)24(5,6)16-19)29-22(14-2)20-17-25(7,8)28(12)26(9,10)18-20/h13-14,19-22H,1-2,15-18H2,3-12H3. The molecule has 0 bridgehead atoms. The summed E-state index contributed by atoms with van der Waals surface area (Å²) in [6.07, 6.45) is 8.71. The minimum atomic E-state index is 0.0659. The van der Waals surface area contributed by atoms with E-state index in [-0.39, 0.29) is 34.4 Å². The summed E-state index contributed by atoms with van der Waals surface area (Å²) >= 11 is 0. The summed E-state index contributed by atoms with van der Waals surface area (Å²) < 4.78 is 6.80. The second-order valence-electron chi connectivity index (χ2n) is 12.2. The second kappa shape index (κ2) is 8.13. The minimum absolute atomic E-state index is 0.0659. The van der Waals surface area contributed by atoms with Gasteiger partial charge in [-0.15, -0.1) is 13.2 Å². The van der Waals surface area contributed by atoms with Crippen LogP contribution in [0.3, 0.4) is 0 Å². The Bertz CT molecular complexity index is 516. The number of nitrogens with zero attached hydrogens (tertiary/aromatic N) is 2. The summed E-state index contributed by atoms with van der Waals surface area (Å²) in [7, 11) is 4.52.